The van der Waals surface area contributed by atoms with Crippen LogP contribution in [0, 0.1) is 0 Å². The summed E-state index contributed by atoms with van der Waals surface area (Å²) in [5, 5.41) is 9.11. The molecule has 1 aromatic heterocycles. The van der Waals surface area contributed by atoms with E-state index in [1.807, 2.05) is 0 Å². The van der Waals surface area contributed by atoms with Gasteiger partial charge in [-0.2, -0.15) is 0 Å². The molecule has 0 aliphatic carbocycles. The highest BCUT2D eigenvalue weighted by Crippen LogP contribution is 2.21. The quantitative estimate of drug-likeness (QED) is 0.832. The number of carbonyl (C=O) groups excluding carboxylic acids is 1. The van der Waals surface area contributed by atoms with Gasteiger partial charge in [0.05, 0.1) is 0 Å². The zero-order chi connectivity index (χ0) is 12.1. The van der Waals surface area contributed by atoms with Crippen LogP contribution >= 0.6 is 15.9 Å². The number of pyridine rings is 1. The molecule has 0 aliphatic heterocycles. The minimum absolute atomic E-state index is 0.326. The van der Waals surface area contributed by atoms with Crippen molar-refractivity contribution in [3.63, 3.8) is 0 Å². The minimum atomic E-state index is -1.08. The number of likely N-dealkylation sites (N-methyl/N-ethyl adjacent to an activating group) is 1. The average Bonchev–Trinajstić information content (AvgIpc) is 2.24. The molecule has 0 spiro atoms. The Morgan fingerprint density at radius 3 is 2.81 bits per heavy atom. The molecule has 0 aromatic carbocycles. The summed E-state index contributed by atoms with van der Waals surface area (Å²) in [6, 6.07) is 0.644. The fraction of sp³-hybridized carbons (Fsp3) is 0.300. The molecule has 0 saturated carbocycles. The molecule has 0 fully saturated rings. The van der Waals surface area contributed by atoms with Crippen molar-refractivity contribution in [2.24, 2.45) is 0 Å². The standard InChI is InChI=1S/C10H11BrN2O3/c1-2-13(6-14)9(10(15)16)7-3-8(11)5-12-4-7/h3-6,9H,2H2,1H3,(H,15,16). The van der Waals surface area contributed by atoms with E-state index in [2.05, 4.69) is 20.9 Å². The van der Waals surface area contributed by atoms with Crippen molar-refractivity contribution in [1.29, 1.82) is 0 Å². The van der Waals surface area contributed by atoms with Gasteiger partial charge in [0.15, 0.2) is 6.04 Å². The van der Waals surface area contributed by atoms with E-state index in [1.165, 1.54) is 11.1 Å². The first kappa shape index (κ1) is 12.6. The highest BCUT2D eigenvalue weighted by Gasteiger charge is 2.25. The summed E-state index contributed by atoms with van der Waals surface area (Å²) in [7, 11) is 0. The Morgan fingerprint density at radius 2 is 2.38 bits per heavy atom. The number of aliphatic carboxylic acids is 1. The lowest BCUT2D eigenvalue weighted by Crippen LogP contribution is -2.33. The third kappa shape index (κ3) is 2.79. The van der Waals surface area contributed by atoms with E-state index in [0.29, 0.717) is 23.0 Å². The molecule has 1 N–H and O–H groups in total. The summed E-state index contributed by atoms with van der Waals surface area (Å²) in [5.41, 5.74) is 0.468. The number of carboxylic acids is 1. The maximum Gasteiger partial charge on any atom is 0.331 e. The number of hydrogen-bond donors (Lipinski definition) is 1. The second-order valence-electron chi connectivity index (χ2n) is 3.11. The fourth-order valence-corrected chi connectivity index (χ4v) is 1.75. The van der Waals surface area contributed by atoms with E-state index in [4.69, 9.17) is 5.11 Å². The van der Waals surface area contributed by atoms with E-state index in [-0.39, 0.29) is 0 Å². The maximum atomic E-state index is 11.1. The number of halogens is 1. The summed E-state index contributed by atoms with van der Waals surface area (Å²) < 4.78 is 0.679. The largest absolute Gasteiger partial charge is 0.479 e. The van der Waals surface area contributed by atoms with Crippen LogP contribution in [0.2, 0.25) is 0 Å². The van der Waals surface area contributed by atoms with Crippen LogP contribution in [-0.2, 0) is 9.59 Å². The van der Waals surface area contributed by atoms with Gasteiger partial charge in [0, 0.05) is 29.0 Å². The van der Waals surface area contributed by atoms with Crippen LogP contribution in [-0.4, -0.2) is 33.9 Å². The number of carbonyl (C=O) groups is 2. The van der Waals surface area contributed by atoms with Gasteiger partial charge in [0.1, 0.15) is 0 Å². The molecule has 86 valence electrons. The maximum absolute atomic E-state index is 11.1. The first-order valence-electron chi connectivity index (χ1n) is 4.64. The van der Waals surface area contributed by atoms with Crippen LogP contribution in [0.5, 0.6) is 0 Å². The summed E-state index contributed by atoms with van der Waals surface area (Å²) in [5.74, 6) is -1.08. The Balaban J connectivity index is 3.11. The predicted octanol–water partition coefficient (Wildman–Crippen LogP) is 1.45. The first-order chi connectivity index (χ1) is 7.60. The average molecular weight is 287 g/mol. The number of aromatic nitrogens is 1. The number of carboxylic acid groups (broad SMARTS) is 1. The van der Waals surface area contributed by atoms with Crippen molar-refractivity contribution in [2.45, 2.75) is 13.0 Å². The Labute approximate surface area is 101 Å². The zero-order valence-corrected chi connectivity index (χ0v) is 10.2. The number of amides is 1. The second-order valence-corrected chi connectivity index (χ2v) is 4.03. The highest BCUT2D eigenvalue weighted by atomic mass is 79.9. The highest BCUT2D eigenvalue weighted by molar-refractivity contribution is 9.10. The molecule has 1 atom stereocenters. The van der Waals surface area contributed by atoms with E-state index in [1.54, 1.807) is 19.2 Å². The van der Waals surface area contributed by atoms with Gasteiger partial charge in [-0.15, -0.1) is 0 Å². The molecule has 0 bridgehead atoms. The molecule has 1 heterocycles. The fourth-order valence-electron chi connectivity index (χ4n) is 1.37. The molecule has 1 aromatic rings. The van der Waals surface area contributed by atoms with Crippen LogP contribution in [0.1, 0.15) is 18.5 Å². The molecule has 1 amide bonds. The molecule has 1 rings (SSSR count). The van der Waals surface area contributed by atoms with Gasteiger partial charge in [-0.25, -0.2) is 4.79 Å². The SMILES string of the molecule is CCN(C=O)C(C(=O)O)c1cncc(Br)c1. The molecular formula is C10H11BrN2O3. The van der Waals surface area contributed by atoms with E-state index in [9.17, 15) is 9.59 Å². The molecule has 0 aliphatic rings. The van der Waals surface area contributed by atoms with Gasteiger partial charge in [-0.3, -0.25) is 9.78 Å². The summed E-state index contributed by atoms with van der Waals surface area (Å²) >= 11 is 3.21. The normalized spacial score (nSPS) is 11.9. The monoisotopic (exact) mass is 286 g/mol. The molecule has 16 heavy (non-hydrogen) atoms. The third-order valence-corrected chi connectivity index (χ3v) is 2.54. The first-order valence-corrected chi connectivity index (χ1v) is 5.43. The number of rotatable bonds is 5. The molecule has 6 heteroatoms. The summed E-state index contributed by atoms with van der Waals surface area (Å²) in [6.45, 7) is 2.04. The van der Waals surface area contributed by atoms with E-state index >= 15 is 0 Å². The van der Waals surface area contributed by atoms with Gasteiger partial charge in [-0.05, 0) is 28.9 Å². The Morgan fingerprint density at radius 1 is 1.69 bits per heavy atom. The van der Waals surface area contributed by atoms with Gasteiger partial charge in [0.2, 0.25) is 6.41 Å². The minimum Gasteiger partial charge on any atom is -0.479 e. The molecular weight excluding hydrogens is 276 g/mol. The lowest BCUT2D eigenvalue weighted by molar-refractivity contribution is -0.146. The van der Waals surface area contributed by atoms with Gasteiger partial charge in [0.25, 0.3) is 0 Å². The van der Waals surface area contributed by atoms with Crippen molar-refractivity contribution >= 4 is 28.3 Å². The van der Waals surface area contributed by atoms with Gasteiger partial charge >= 0.3 is 5.97 Å². The van der Waals surface area contributed by atoms with Crippen LogP contribution in [0.25, 0.3) is 0 Å². The van der Waals surface area contributed by atoms with Gasteiger partial charge in [-0.1, -0.05) is 0 Å². The van der Waals surface area contributed by atoms with Crippen molar-refractivity contribution < 1.29 is 14.7 Å². The smallest absolute Gasteiger partial charge is 0.331 e. The van der Waals surface area contributed by atoms with Crippen molar-refractivity contribution in [1.82, 2.24) is 9.88 Å². The van der Waals surface area contributed by atoms with E-state index < -0.39 is 12.0 Å². The molecule has 0 saturated heterocycles. The number of hydrogen-bond acceptors (Lipinski definition) is 3. The Hall–Kier alpha value is -1.43. The van der Waals surface area contributed by atoms with E-state index in [0.717, 1.165) is 0 Å². The van der Waals surface area contributed by atoms with Crippen molar-refractivity contribution in [3.05, 3.63) is 28.5 Å². The zero-order valence-electron chi connectivity index (χ0n) is 8.63. The Kier molecular flexibility index (Phi) is 4.42. The summed E-state index contributed by atoms with van der Waals surface area (Å²) in [4.78, 5) is 27.0. The van der Waals surface area contributed by atoms with Crippen LogP contribution in [0.15, 0.2) is 22.9 Å². The van der Waals surface area contributed by atoms with Crippen LogP contribution < -0.4 is 0 Å². The molecule has 1 unspecified atom stereocenters. The predicted molar refractivity (Wildman–Crippen MR) is 60.8 cm³/mol. The lowest BCUT2D eigenvalue weighted by atomic mass is 10.1. The Bertz CT molecular complexity index is 397. The van der Waals surface area contributed by atoms with Crippen molar-refractivity contribution in [2.75, 3.05) is 6.54 Å². The summed E-state index contributed by atoms with van der Waals surface area (Å²) in [6.07, 6.45) is 3.52. The van der Waals surface area contributed by atoms with Crippen LogP contribution in [0.4, 0.5) is 0 Å². The topological polar surface area (TPSA) is 70.5 Å². The second kappa shape index (κ2) is 5.60. The van der Waals surface area contributed by atoms with Crippen molar-refractivity contribution in [3.8, 4) is 0 Å². The van der Waals surface area contributed by atoms with Gasteiger partial charge < -0.3 is 10.0 Å². The number of nitrogens with zero attached hydrogens (tertiary/aromatic N) is 2. The lowest BCUT2D eigenvalue weighted by Gasteiger charge is -2.23. The molecule has 5 nitrogen and oxygen atoms in total. The third-order valence-electron chi connectivity index (χ3n) is 2.11. The molecule has 0 radical (unpaired) electrons. The van der Waals surface area contributed by atoms with Crippen LogP contribution in [0.3, 0.4) is 0 Å².